The molecule has 0 radical (unpaired) electrons. The molecule has 2 aromatic rings. The first-order valence-electron chi connectivity index (χ1n) is 6.58. The second kappa shape index (κ2) is 7.06. The first kappa shape index (κ1) is 16.0. The van der Waals surface area contributed by atoms with Crippen LogP contribution in [0.2, 0.25) is 0 Å². The van der Waals surface area contributed by atoms with Crippen molar-refractivity contribution in [3.8, 4) is 5.75 Å². The van der Waals surface area contributed by atoms with Crippen LogP contribution in [-0.2, 0) is 6.54 Å². The molecular weight excluding hydrogens is 288 g/mol. The molecule has 0 atom stereocenters. The Hall–Kier alpha value is -2.38. The summed E-state index contributed by atoms with van der Waals surface area (Å²) in [6.07, 6.45) is 0. The highest BCUT2D eigenvalue weighted by atomic mass is 19.1. The maximum atomic E-state index is 13.7. The molecule has 2 rings (SSSR count). The van der Waals surface area contributed by atoms with Crippen LogP contribution in [0, 0.1) is 5.82 Å². The van der Waals surface area contributed by atoms with Crippen molar-refractivity contribution in [2.24, 2.45) is 0 Å². The fourth-order valence-electron chi connectivity index (χ4n) is 1.99. The molecule has 7 heteroatoms. The number of rotatable bonds is 5. The quantitative estimate of drug-likeness (QED) is 0.701. The van der Waals surface area contributed by atoms with Crippen LogP contribution in [0.3, 0.4) is 0 Å². The van der Waals surface area contributed by atoms with Gasteiger partial charge in [-0.2, -0.15) is 0 Å². The summed E-state index contributed by atoms with van der Waals surface area (Å²) in [5.41, 5.74) is 0.653. The van der Waals surface area contributed by atoms with Crippen LogP contribution >= 0.6 is 0 Å². The summed E-state index contributed by atoms with van der Waals surface area (Å²) in [6.45, 7) is -0.0801. The molecule has 5 nitrogen and oxygen atoms in total. The normalized spacial score (nSPS) is 10.2. The number of nitrogens with one attached hydrogen (secondary N) is 1. The molecule has 22 heavy (non-hydrogen) atoms. The Morgan fingerprint density at radius 2 is 2.00 bits per heavy atom. The molecule has 114 valence electrons. The Balaban J connectivity index is 2.13. The molecule has 2 aromatic carbocycles. The zero-order valence-electron chi connectivity index (χ0n) is 11.9. The van der Waals surface area contributed by atoms with Gasteiger partial charge in [0.05, 0.1) is 12.7 Å². The zero-order chi connectivity index (χ0) is 16.1. The van der Waals surface area contributed by atoms with Gasteiger partial charge in [0.1, 0.15) is 11.6 Å². The van der Waals surface area contributed by atoms with Gasteiger partial charge in [-0.05, 0) is 23.7 Å². The molecule has 0 aliphatic rings. The maximum absolute atomic E-state index is 13.7. The summed E-state index contributed by atoms with van der Waals surface area (Å²) in [7, 11) is -0.234. The van der Waals surface area contributed by atoms with Gasteiger partial charge in [0, 0.05) is 12.1 Å². The first-order chi connectivity index (χ1) is 10.5. The molecule has 3 N–H and O–H groups in total. The third kappa shape index (κ3) is 3.63. The van der Waals surface area contributed by atoms with Gasteiger partial charge >= 0.3 is 7.12 Å². The van der Waals surface area contributed by atoms with Crippen molar-refractivity contribution in [2.75, 3.05) is 7.11 Å². The summed E-state index contributed by atoms with van der Waals surface area (Å²) in [5.74, 6) is -0.531. The Kier molecular flexibility index (Phi) is 5.14. The second-order valence-electron chi connectivity index (χ2n) is 4.61. The Bertz CT molecular complexity index is 678. The van der Waals surface area contributed by atoms with Crippen molar-refractivity contribution in [2.45, 2.75) is 6.54 Å². The lowest BCUT2D eigenvalue weighted by Gasteiger charge is -2.10. The lowest BCUT2D eigenvalue weighted by Crippen LogP contribution is -2.31. The Labute approximate surface area is 127 Å². The minimum absolute atomic E-state index is 0.0801. The van der Waals surface area contributed by atoms with Crippen molar-refractivity contribution >= 4 is 18.5 Å². The standard InChI is InChI=1S/C15H15BFNO4/c1-22-14-5-3-2-4-12(14)15(19)18-9-10-8-11(16(20)21)6-7-13(10)17/h2-8,20-21H,9H2,1H3,(H,18,19). The van der Waals surface area contributed by atoms with Crippen molar-refractivity contribution < 1.29 is 24.0 Å². The van der Waals surface area contributed by atoms with Crippen molar-refractivity contribution in [1.29, 1.82) is 0 Å². The van der Waals surface area contributed by atoms with Crippen molar-refractivity contribution in [3.63, 3.8) is 0 Å². The van der Waals surface area contributed by atoms with Crippen LogP contribution in [0.1, 0.15) is 15.9 Å². The number of methoxy groups -OCH3 is 1. The fourth-order valence-corrected chi connectivity index (χ4v) is 1.99. The van der Waals surface area contributed by atoms with Gasteiger partial charge in [0.25, 0.3) is 5.91 Å². The molecule has 0 fully saturated rings. The van der Waals surface area contributed by atoms with E-state index in [4.69, 9.17) is 14.8 Å². The fraction of sp³-hybridized carbons (Fsp3) is 0.133. The van der Waals surface area contributed by atoms with Gasteiger partial charge in [-0.25, -0.2) is 4.39 Å². The highest BCUT2D eigenvalue weighted by Crippen LogP contribution is 2.17. The lowest BCUT2D eigenvalue weighted by molar-refractivity contribution is 0.0947. The van der Waals surface area contributed by atoms with E-state index in [-0.39, 0.29) is 17.6 Å². The van der Waals surface area contributed by atoms with E-state index in [0.717, 1.165) is 6.07 Å². The lowest BCUT2D eigenvalue weighted by atomic mass is 9.79. The molecule has 0 heterocycles. The molecule has 0 aromatic heterocycles. The molecular formula is C15H15BFNO4. The summed E-state index contributed by atoms with van der Waals surface area (Å²) in [5, 5.41) is 20.8. The summed E-state index contributed by atoms with van der Waals surface area (Å²) >= 11 is 0. The van der Waals surface area contributed by atoms with Crippen LogP contribution in [0.4, 0.5) is 4.39 Å². The highest BCUT2D eigenvalue weighted by molar-refractivity contribution is 6.58. The topological polar surface area (TPSA) is 78.8 Å². The number of hydrogen-bond donors (Lipinski definition) is 3. The largest absolute Gasteiger partial charge is 0.496 e. The maximum Gasteiger partial charge on any atom is 0.488 e. The van der Waals surface area contributed by atoms with E-state index < -0.39 is 18.8 Å². The molecule has 0 spiro atoms. The van der Waals surface area contributed by atoms with Gasteiger partial charge < -0.3 is 20.1 Å². The number of amides is 1. The number of carbonyl (C=O) groups is 1. The minimum atomic E-state index is -1.69. The summed E-state index contributed by atoms with van der Waals surface area (Å²) < 4.78 is 18.8. The smallest absolute Gasteiger partial charge is 0.488 e. The number of hydrogen-bond acceptors (Lipinski definition) is 4. The third-order valence-electron chi connectivity index (χ3n) is 3.16. The molecule has 1 amide bonds. The molecule has 0 saturated carbocycles. The minimum Gasteiger partial charge on any atom is -0.496 e. The monoisotopic (exact) mass is 303 g/mol. The molecule has 0 saturated heterocycles. The average molecular weight is 303 g/mol. The highest BCUT2D eigenvalue weighted by Gasteiger charge is 2.15. The molecule has 0 aliphatic carbocycles. The van der Waals surface area contributed by atoms with E-state index in [1.807, 2.05) is 0 Å². The van der Waals surface area contributed by atoms with Crippen molar-refractivity contribution in [3.05, 3.63) is 59.4 Å². The van der Waals surface area contributed by atoms with E-state index in [2.05, 4.69) is 5.32 Å². The van der Waals surface area contributed by atoms with Crippen LogP contribution in [-0.4, -0.2) is 30.2 Å². The van der Waals surface area contributed by atoms with Gasteiger partial charge in [-0.15, -0.1) is 0 Å². The predicted molar refractivity (Wildman–Crippen MR) is 80.4 cm³/mol. The summed E-state index contributed by atoms with van der Waals surface area (Å²) in [4.78, 5) is 12.1. The van der Waals surface area contributed by atoms with E-state index in [9.17, 15) is 9.18 Å². The SMILES string of the molecule is COc1ccccc1C(=O)NCc1cc(B(O)O)ccc1F. The zero-order valence-corrected chi connectivity index (χ0v) is 11.9. The van der Waals surface area contributed by atoms with E-state index in [0.29, 0.717) is 11.3 Å². The number of para-hydroxylation sites is 1. The molecule has 0 aliphatic heterocycles. The van der Waals surface area contributed by atoms with E-state index >= 15 is 0 Å². The predicted octanol–water partition coefficient (Wildman–Crippen LogP) is 0.444. The number of carbonyl (C=O) groups excluding carboxylic acids is 1. The third-order valence-corrected chi connectivity index (χ3v) is 3.16. The second-order valence-corrected chi connectivity index (χ2v) is 4.61. The molecule has 0 bridgehead atoms. The van der Waals surface area contributed by atoms with Gasteiger partial charge in [-0.1, -0.05) is 24.3 Å². The van der Waals surface area contributed by atoms with Crippen LogP contribution in [0.25, 0.3) is 0 Å². The molecule has 0 unspecified atom stereocenters. The van der Waals surface area contributed by atoms with Crippen LogP contribution < -0.4 is 15.5 Å². The van der Waals surface area contributed by atoms with Crippen LogP contribution in [0.5, 0.6) is 5.75 Å². The average Bonchev–Trinajstić information content (AvgIpc) is 2.53. The van der Waals surface area contributed by atoms with E-state index in [1.165, 1.54) is 19.2 Å². The van der Waals surface area contributed by atoms with Gasteiger partial charge in [-0.3, -0.25) is 4.79 Å². The number of halogens is 1. The summed E-state index contributed by atoms with van der Waals surface area (Å²) in [6, 6.07) is 10.4. The van der Waals surface area contributed by atoms with Gasteiger partial charge in [0.15, 0.2) is 0 Å². The first-order valence-corrected chi connectivity index (χ1v) is 6.58. The van der Waals surface area contributed by atoms with Gasteiger partial charge in [0.2, 0.25) is 0 Å². The number of ether oxygens (including phenoxy) is 1. The Morgan fingerprint density at radius 1 is 1.27 bits per heavy atom. The van der Waals surface area contributed by atoms with E-state index in [1.54, 1.807) is 24.3 Å². The van der Waals surface area contributed by atoms with Crippen LogP contribution in [0.15, 0.2) is 42.5 Å². The number of benzene rings is 2. The Morgan fingerprint density at radius 3 is 2.68 bits per heavy atom. The van der Waals surface area contributed by atoms with Crippen molar-refractivity contribution in [1.82, 2.24) is 5.32 Å².